The number of aliphatic hydroxyl groups excluding tert-OH is 1. The average Bonchev–Trinajstić information content (AvgIpc) is 2.60. The van der Waals surface area contributed by atoms with E-state index in [0.717, 1.165) is 6.54 Å². The Morgan fingerprint density at radius 3 is 2.72 bits per heavy atom. The number of halogens is 1. The van der Waals surface area contributed by atoms with Crippen LogP contribution in [0.1, 0.15) is 11.5 Å². The monoisotopic (exact) mass is 357 g/mol. The second kappa shape index (κ2) is 6.24. The quantitative estimate of drug-likeness (QED) is 0.868. The number of para-hydroxylation sites is 2. The first-order valence-electron chi connectivity index (χ1n) is 8.36. The molecule has 0 radical (unpaired) electrons. The number of nitrogens with zero attached hydrogens (tertiary/aromatic N) is 2. The van der Waals surface area contributed by atoms with Crippen molar-refractivity contribution in [3.8, 4) is 0 Å². The number of benzene rings is 2. The van der Waals surface area contributed by atoms with E-state index in [-0.39, 0.29) is 30.6 Å². The molecule has 3 atom stereocenters. The highest BCUT2D eigenvalue weighted by molar-refractivity contribution is 6.33. The fourth-order valence-corrected chi connectivity index (χ4v) is 4.29. The Hall–Kier alpha value is -2.24. The minimum atomic E-state index is -0.221. The van der Waals surface area contributed by atoms with Gasteiger partial charge in [0.2, 0.25) is 0 Å². The molecule has 4 rings (SSSR count). The summed E-state index contributed by atoms with van der Waals surface area (Å²) in [5.74, 6) is 0.161. The summed E-state index contributed by atoms with van der Waals surface area (Å²) < 4.78 is 0. The number of carbonyl (C=O) groups is 1. The van der Waals surface area contributed by atoms with Crippen LogP contribution in [0.2, 0.25) is 5.02 Å². The van der Waals surface area contributed by atoms with Gasteiger partial charge in [-0.1, -0.05) is 41.9 Å². The van der Waals surface area contributed by atoms with Gasteiger partial charge in [-0.25, -0.2) is 4.79 Å². The van der Waals surface area contributed by atoms with Crippen molar-refractivity contribution < 1.29 is 9.90 Å². The van der Waals surface area contributed by atoms with E-state index < -0.39 is 0 Å². The lowest BCUT2D eigenvalue weighted by molar-refractivity contribution is -0.00226. The molecule has 0 spiro atoms. The highest BCUT2D eigenvalue weighted by Crippen LogP contribution is 2.47. The van der Waals surface area contributed by atoms with Crippen LogP contribution in [0.5, 0.6) is 0 Å². The Kier molecular flexibility index (Phi) is 4.06. The third kappa shape index (κ3) is 2.55. The van der Waals surface area contributed by atoms with Crippen LogP contribution in [0.4, 0.5) is 16.2 Å². The first-order chi connectivity index (χ1) is 12.1. The Morgan fingerprint density at radius 1 is 1.24 bits per heavy atom. The summed E-state index contributed by atoms with van der Waals surface area (Å²) in [6.07, 6.45) is 0. The summed E-state index contributed by atoms with van der Waals surface area (Å²) in [4.78, 5) is 16.7. The zero-order chi connectivity index (χ0) is 17.6. The van der Waals surface area contributed by atoms with E-state index in [1.807, 2.05) is 31.3 Å². The zero-order valence-electron chi connectivity index (χ0n) is 13.9. The van der Waals surface area contributed by atoms with Crippen LogP contribution in [0, 0.1) is 0 Å². The Morgan fingerprint density at radius 2 is 1.96 bits per heavy atom. The third-order valence-corrected chi connectivity index (χ3v) is 5.58. The summed E-state index contributed by atoms with van der Waals surface area (Å²) in [6, 6.07) is 15.0. The number of likely N-dealkylation sites (N-methyl/N-ethyl adjacent to an activating group) is 1. The normalized spacial score (nSPS) is 24.2. The maximum absolute atomic E-state index is 12.8. The molecular weight excluding hydrogens is 338 g/mol. The standard InChI is InChI=1S/C19H20ClN3O2/c1-22-10-16-18(12-6-2-5-9-15(12)22)17(11-24)23(16)19(25)21-14-8-4-3-7-13(14)20/h2-9,16-18,24H,10-11H2,1H3,(H,21,25)/t16-,17+,18+/m1/s1. The van der Waals surface area contributed by atoms with Crippen LogP contribution >= 0.6 is 11.6 Å². The van der Waals surface area contributed by atoms with Gasteiger partial charge >= 0.3 is 6.03 Å². The molecule has 2 aliphatic heterocycles. The molecule has 2 aliphatic rings. The lowest BCUT2D eigenvalue weighted by Crippen LogP contribution is -2.70. The van der Waals surface area contributed by atoms with Crippen molar-refractivity contribution >= 4 is 29.0 Å². The Bertz CT molecular complexity index is 813. The molecule has 0 unspecified atom stereocenters. The molecule has 25 heavy (non-hydrogen) atoms. The van der Waals surface area contributed by atoms with Gasteiger partial charge in [-0.15, -0.1) is 0 Å². The lowest BCUT2D eigenvalue weighted by Gasteiger charge is -2.58. The molecule has 1 fully saturated rings. The maximum atomic E-state index is 12.8. The van der Waals surface area contributed by atoms with E-state index in [2.05, 4.69) is 22.3 Å². The van der Waals surface area contributed by atoms with Crippen LogP contribution in [-0.4, -0.2) is 48.3 Å². The maximum Gasteiger partial charge on any atom is 0.322 e. The van der Waals surface area contributed by atoms with Gasteiger partial charge in [0.1, 0.15) is 0 Å². The predicted molar refractivity (Wildman–Crippen MR) is 99.4 cm³/mol. The number of amides is 2. The van der Waals surface area contributed by atoms with Gasteiger partial charge in [0.05, 0.1) is 29.4 Å². The molecule has 2 N–H and O–H groups in total. The van der Waals surface area contributed by atoms with E-state index in [1.54, 1.807) is 17.0 Å². The summed E-state index contributed by atoms with van der Waals surface area (Å²) in [6.45, 7) is 0.684. The molecule has 130 valence electrons. The Balaban J connectivity index is 1.60. The van der Waals surface area contributed by atoms with E-state index in [9.17, 15) is 9.90 Å². The van der Waals surface area contributed by atoms with Crippen LogP contribution < -0.4 is 10.2 Å². The van der Waals surface area contributed by atoms with Crippen LogP contribution in [0.3, 0.4) is 0 Å². The summed E-state index contributed by atoms with van der Waals surface area (Å²) in [7, 11) is 2.03. The number of hydrogen-bond acceptors (Lipinski definition) is 3. The smallest absolute Gasteiger partial charge is 0.322 e. The van der Waals surface area contributed by atoms with Gasteiger partial charge in [-0.2, -0.15) is 0 Å². The number of likely N-dealkylation sites (tertiary alicyclic amines) is 1. The van der Waals surface area contributed by atoms with Gasteiger partial charge in [-0.3, -0.25) is 0 Å². The van der Waals surface area contributed by atoms with E-state index in [1.165, 1.54) is 11.3 Å². The SMILES string of the molecule is CN1C[C@@H]2[C@H](c3ccccc31)[C@H](CO)N2C(=O)Nc1ccccc1Cl. The van der Waals surface area contributed by atoms with Crippen molar-refractivity contribution in [1.29, 1.82) is 0 Å². The van der Waals surface area contributed by atoms with Crippen molar-refractivity contribution in [3.63, 3.8) is 0 Å². The van der Waals surface area contributed by atoms with Crippen molar-refractivity contribution in [2.24, 2.45) is 0 Å². The molecule has 2 aromatic rings. The summed E-state index contributed by atoms with van der Waals surface area (Å²) >= 11 is 6.14. The topological polar surface area (TPSA) is 55.8 Å². The molecule has 2 amide bonds. The fourth-order valence-electron chi connectivity index (χ4n) is 4.10. The highest BCUT2D eigenvalue weighted by Gasteiger charge is 2.54. The van der Waals surface area contributed by atoms with Crippen molar-refractivity contribution in [1.82, 2.24) is 4.90 Å². The molecular formula is C19H20ClN3O2. The van der Waals surface area contributed by atoms with Gasteiger partial charge in [0.15, 0.2) is 0 Å². The first kappa shape index (κ1) is 16.2. The summed E-state index contributed by atoms with van der Waals surface area (Å²) in [5, 5.41) is 13.3. The van der Waals surface area contributed by atoms with Gasteiger partial charge < -0.3 is 20.2 Å². The lowest BCUT2D eigenvalue weighted by atomic mass is 9.72. The minimum absolute atomic E-state index is 0.0412. The van der Waals surface area contributed by atoms with Gasteiger partial charge in [-0.05, 0) is 23.8 Å². The third-order valence-electron chi connectivity index (χ3n) is 5.25. The zero-order valence-corrected chi connectivity index (χ0v) is 14.6. The molecule has 0 saturated carbocycles. The molecule has 1 saturated heterocycles. The highest BCUT2D eigenvalue weighted by atomic mass is 35.5. The molecule has 0 aromatic heterocycles. The van der Waals surface area contributed by atoms with Crippen molar-refractivity contribution in [3.05, 3.63) is 59.1 Å². The first-order valence-corrected chi connectivity index (χ1v) is 8.74. The molecule has 2 aromatic carbocycles. The van der Waals surface area contributed by atoms with Crippen LogP contribution in [-0.2, 0) is 0 Å². The second-order valence-corrected chi connectivity index (χ2v) is 7.01. The number of aliphatic hydroxyl groups is 1. The Labute approximate surface area is 151 Å². The fraction of sp³-hybridized carbons (Fsp3) is 0.316. The van der Waals surface area contributed by atoms with E-state index >= 15 is 0 Å². The number of fused-ring (bicyclic) bond motifs is 3. The van der Waals surface area contributed by atoms with Crippen LogP contribution in [0.15, 0.2) is 48.5 Å². The number of rotatable bonds is 2. The molecule has 2 heterocycles. The number of carbonyl (C=O) groups excluding carboxylic acids is 1. The number of hydrogen-bond donors (Lipinski definition) is 2. The van der Waals surface area contributed by atoms with Crippen molar-refractivity contribution in [2.45, 2.75) is 18.0 Å². The minimum Gasteiger partial charge on any atom is -0.394 e. The van der Waals surface area contributed by atoms with Gasteiger partial charge in [0, 0.05) is 25.2 Å². The van der Waals surface area contributed by atoms with Crippen molar-refractivity contribution in [2.75, 3.05) is 30.4 Å². The largest absolute Gasteiger partial charge is 0.394 e. The molecule has 5 nitrogen and oxygen atoms in total. The van der Waals surface area contributed by atoms with Gasteiger partial charge in [0.25, 0.3) is 0 Å². The number of urea groups is 1. The molecule has 6 heteroatoms. The number of anilines is 2. The number of nitrogens with one attached hydrogen (secondary N) is 1. The molecule has 0 aliphatic carbocycles. The summed E-state index contributed by atoms with van der Waals surface area (Å²) in [5.41, 5.74) is 2.95. The predicted octanol–water partition coefficient (Wildman–Crippen LogP) is 3.15. The second-order valence-electron chi connectivity index (χ2n) is 6.60. The van der Waals surface area contributed by atoms with E-state index in [4.69, 9.17) is 11.6 Å². The van der Waals surface area contributed by atoms with Crippen LogP contribution in [0.25, 0.3) is 0 Å². The average molecular weight is 358 g/mol. The molecule has 0 bridgehead atoms. The van der Waals surface area contributed by atoms with E-state index in [0.29, 0.717) is 10.7 Å².